The van der Waals surface area contributed by atoms with Crippen LogP contribution in [0, 0.1) is 23.5 Å². The van der Waals surface area contributed by atoms with Gasteiger partial charge in [0.25, 0.3) is 17.4 Å². The molecule has 238 valence electrons. The number of carbonyl (C=O) groups excluding carboxylic acids is 2. The van der Waals surface area contributed by atoms with Gasteiger partial charge in [-0.3, -0.25) is 19.0 Å². The molecule has 5 rings (SSSR count). The van der Waals surface area contributed by atoms with Crippen LogP contribution in [0.2, 0.25) is 0 Å². The fourth-order valence-corrected chi connectivity index (χ4v) is 4.42. The summed E-state index contributed by atoms with van der Waals surface area (Å²) in [6, 6.07) is 15.7. The zero-order valence-electron chi connectivity index (χ0n) is 25.6. The van der Waals surface area contributed by atoms with Crippen molar-refractivity contribution in [2.75, 3.05) is 39.0 Å². The Labute approximate surface area is 268 Å². The van der Waals surface area contributed by atoms with Crippen LogP contribution in [0.4, 0.5) is 20.4 Å². The van der Waals surface area contributed by atoms with Gasteiger partial charge in [-0.05, 0) is 74.3 Å². The highest BCUT2D eigenvalue weighted by Gasteiger charge is 2.13. The predicted octanol–water partition coefficient (Wildman–Crippen LogP) is 3.33. The zero-order valence-corrected chi connectivity index (χ0v) is 25.6. The maximum Gasteiger partial charge on any atom is 0.266 e. The van der Waals surface area contributed by atoms with Gasteiger partial charge >= 0.3 is 0 Å². The third-order valence-electron chi connectivity index (χ3n) is 6.88. The quantitative estimate of drug-likeness (QED) is 0.199. The molecule has 0 spiro atoms. The molecule has 47 heavy (non-hydrogen) atoms. The van der Waals surface area contributed by atoms with Crippen LogP contribution in [-0.4, -0.2) is 70.0 Å². The van der Waals surface area contributed by atoms with Crippen LogP contribution in [-0.2, 0) is 6.54 Å². The maximum absolute atomic E-state index is 13.5. The number of likely N-dealkylation sites (N-methyl/N-ethyl adjacent to an activating group) is 1. The number of anilines is 2. The highest BCUT2D eigenvalue weighted by Crippen LogP contribution is 2.18. The first kappa shape index (κ1) is 32.4. The number of amides is 2. The molecule has 3 N–H and O–H groups in total. The van der Waals surface area contributed by atoms with E-state index in [0.29, 0.717) is 34.7 Å². The van der Waals surface area contributed by atoms with Gasteiger partial charge in [-0.1, -0.05) is 17.9 Å². The Hall–Kier alpha value is -6.00. The van der Waals surface area contributed by atoms with E-state index in [1.807, 2.05) is 25.1 Å². The van der Waals surface area contributed by atoms with Gasteiger partial charge in [-0.15, -0.1) is 0 Å². The molecule has 0 aliphatic heterocycles. The molecule has 0 aliphatic carbocycles. The summed E-state index contributed by atoms with van der Waals surface area (Å²) in [5.41, 5.74) is 2.15. The lowest BCUT2D eigenvalue weighted by atomic mass is 10.1. The van der Waals surface area contributed by atoms with E-state index in [0.717, 1.165) is 40.5 Å². The largest absolute Gasteiger partial charge is 0.351 e. The smallest absolute Gasteiger partial charge is 0.266 e. The van der Waals surface area contributed by atoms with Crippen molar-refractivity contribution in [1.82, 2.24) is 35.1 Å². The van der Waals surface area contributed by atoms with Crippen molar-refractivity contribution in [2.24, 2.45) is 0 Å². The molecule has 2 amide bonds. The molecule has 3 aromatic carbocycles. The molecule has 11 nitrogen and oxygen atoms in total. The van der Waals surface area contributed by atoms with Crippen LogP contribution in [0.5, 0.6) is 0 Å². The van der Waals surface area contributed by atoms with Gasteiger partial charge in [0.15, 0.2) is 11.6 Å². The van der Waals surface area contributed by atoms with Crippen molar-refractivity contribution in [3.63, 3.8) is 0 Å². The Balaban J connectivity index is 1.16. The molecule has 13 heteroatoms. The van der Waals surface area contributed by atoms with Crippen molar-refractivity contribution in [1.29, 1.82) is 0 Å². The fraction of sp³-hybridized carbons (Fsp3) is 0.176. The van der Waals surface area contributed by atoms with Gasteiger partial charge < -0.3 is 20.9 Å². The number of fused-ring (bicyclic) bond motifs is 1. The van der Waals surface area contributed by atoms with Gasteiger partial charge in [0, 0.05) is 47.7 Å². The van der Waals surface area contributed by atoms with Crippen molar-refractivity contribution < 1.29 is 18.4 Å². The molecular formula is C34H30F2N8O3. The van der Waals surface area contributed by atoms with Crippen LogP contribution in [0.1, 0.15) is 31.8 Å². The Morgan fingerprint density at radius 3 is 2.51 bits per heavy atom. The fourth-order valence-electron chi connectivity index (χ4n) is 4.42. The molecule has 2 aromatic heterocycles. The summed E-state index contributed by atoms with van der Waals surface area (Å²) in [4.78, 5) is 52.6. The lowest BCUT2D eigenvalue weighted by Crippen LogP contribution is -2.33. The van der Waals surface area contributed by atoms with Gasteiger partial charge in [-0.25, -0.2) is 23.7 Å². The summed E-state index contributed by atoms with van der Waals surface area (Å²) in [6.45, 7) is 1.19. The molecular weight excluding hydrogens is 606 g/mol. The van der Waals surface area contributed by atoms with Crippen LogP contribution in [0.3, 0.4) is 0 Å². The summed E-state index contributed by atoms with van der Waals surface area (Å²) >= 11 is 0. The summed E-state index contributed by atoms with van der Waals surface area (Å²) in [6.07, 6.45) is 4.02. The monoisotopic (exact) mass is 636 g/mol. The first-order chi connectivity index (χ1) is 22.7. The predicted molar refractivity (Wildman–Crippen MR) is 173 cm³/mol. The lowest BCUT2D eigenvalue weighted by Gasteiger charge is -2.11. The summed E-state index contributed by atoms with van der Waals surface area (Å²) in [5, 5.41) is 9.35. The van der Waals surface area contributed by atoms with E-state index < -0.39 is 23.1 Å². The molecule has 0 atom stereocenters. The van der Waals surface area contributed by atoms with Crippen molar-refractivity contribution >= 4 is 34.4 Å². The number of nitrogens with one attached hydrogen (secondary N) is 3. The van der Waals surface area contributed by atoms with E-state index in [1.165, 1.54) is 12.4 Å². The average molecular weight is 637 g/mol. The van der Waals surface area contributed by atoms with Gasteiger partial charge in [0.1, 0.15) is 5.56 Å². The lowest BCUT2D eigenvalue weighted by molar-refractivity contribution is 0.0945. The topological polar surface area (TPSA) is 134 Å². The molecule has 0 fully saturated rings. The molecule has 0 bridgehead atoms. The molecule has 2 heterocycles. The Bertz CT molecular complexity index is 2050. The van der Waals surface area contributed by atoms with Crippen LogP contribution in [0.25, 0.3) is 10.9 Å². The Morgan fingerprint density at radius 1 is 0.936 bits per heavy atom. The van der Waals surface area contributed by atoms with Crippen LogP contribution < -0.4 is 21.5 Å². The van der Waals surface area contributed by atoms with Gasteiger partial charge in [-0.2, -0.15) is 0 Å². The third kappa shape index (κ3) is 8.59. The molecule has 0 saturated heterocycles. The average Bonchev–Trinajstić information content (AvgIpc) is 3.05. The highest BCUT2D eigenvalue weighted by atomic mass is 19.2. The Kier molecular flexibility index (Phi) is 10.2. The maximum atomic E-state index is 13.5. The first-order valence-electron chi connectivity index (χ1n) is 14.5. The van der Waals surface area contributed by atoms with Crippen LogP contribution >= 0.6 is 0 Å². The van der Waals surface area contributed by atoms with Gasteiger partial charge in [0.2, 0.25) is 5.95 Å². The van der Waals surface area contributed by atoms with Crippen molar-refractivity contribution in [3.8, 4) is 11.8 Å². The highest BCUT2D eigenvalue weighted by molar-refractivity contribution is 5.94. The number of rotatable bonds is 10. The summed E-state index contributed by atoms with van der Waals surface area (Å²) in [7, 11) is 3.89. The standard InChI is InChI=1S/C34H30F2N8O3/c1-43(2)15-14-39-31(45)24-7-9-26(10-8-24)41-34-40-18-25-16-22(6-12-30(25)42-34)4-3-13-38-32(46)27-19-37-21-44(33(27)47)20-23-5-11-28(35)29(36)17-23/h5-12,16-19,21H,13-15,20H2,1-2H3,(H,38,46)(H,39,45)(H,40,41,42). The molecule has 0 radical (unpaired) electrons. The number of hydrogen-bond acceptors (Lipinski definition) is 8. The van der Waals surface area contributed by atoms with E-state index >= 15 is 0 Å². The number of hydrogen-bond donors (Lipinski definition) is 3. The van der Waals surface area contributed by atoms with E-state index in [2.05, 4.69) is 42.7 Å². The normalized spacial score (nSPS) is 10.7. The molecule has 0 unspecified atom stereocenters. The SMILES string of the molecule is CN(C)CCNC(=O)c1ccc(Nc2ncc3cc(C#CCNC(=O)c4cncn(Cc5ccc(F)c(F)c5)c4=O)ccc3n2)cc1. The molecule has 0 aliphatic rings. The van der Waals surface area contributed by atoms with Gasteiger partial charge in [0.05, 0.1) is 24.9 Å². The second kappa shape index (κ2) is 14.9. The van der Waals surface area contributed by atoms with Crippen molar-refractivity contribution in [2.45, 2.75) is 6.54 Å². The van der Waals surface area contributed by atoms with E-state index in [4.69, 9.17) is 0 Å². The molecule has 5 aromatic rings. The second-order valence-electron chi connectivity index (χ2n) is 10.7. The minimum absolute atomic E-state index is 0.0374. The third-order valence-corrected chi connectivity index (χ3v) is 6.88. The molecule has 0 saturated carbocycles. The number of benzene rings is 3. The number of nitrogens with zero attached hydrogens (tertiary/aromatic N) is 5. The van der Waals surface area contributed by atoms with Crippen LogP contribution in [0.15, 0.2) is 84.2 Å². The minimum atomic E-state index is -1.03. The zero-order chi connectivity index (χ0) is 33.3. The summed E-state index contributed by atoms with van der Waals surface area (Å²) in [5.74, 6) is 3.37. The summed E-state index contributed by atoms with van der Waals surface area (Å²) < 4.78 is 27.9. The Morgan fingerprint density at radius 2 is 1.74 bits per heavy atom. The van der Waals surface area contributed by atoms with E-state index in [9.17, 15) is 23.2 Å². The minimum Gasteiger partial charge on any atom is -0.351 e. The van der Waals surface area contributed by atoms with E-state index in [-0.39, 0.29) is 24.6 Å². The first-order valence-corrected chi connectivity index (χ1v) is 14.5. The number of carbonyl (C=O) groups is 2. The van der Waals surface area contributed by atoms with E-state index in [1.54, 1.807) is 42.6 Å². The number of aromatic nitrogens is 4. The number of halogens is 2. The van der Waals surface area contributed by atoms with Crippen molar-refractivity contribution in [3.05, 3.63) is 124 Å². The second-order valence-corrected chi connectivity index (χ2v) is 10.7.